The molecule has 4 fully saturated rings. The van der Waals surface area contributed by atoms with Gasteiger partial charge in [0.15, 0.2) is 5.78 Å². The number of hydrogen-bond donors (Lipinski definition) is 1. The average Bonchev–Trinajstić information content (AvgIpc) is 3.21. The summed E-state index contributed by atoms with van der Waals surface area (Å²) in [5, 5.41) is 11.6. The summed E-state index contributed by atoms with van der Waals surface area (Å²) in [7, 11) is 1.42. The monoisotopic (exact) mass is 416 g/mol. The Bertz CT molecular complexity index is 847. The van der Waals surface area contributed by atoms with Crippen LogP contribution in [0.2, 0.25) is 0 Å². The Morgan fingerprint density at radius 2 is 1.97 bits per heavy atom. The molecule has 0 bridgehead atoms. The van der Waals surface area contributed by atoms with E-state index in [-0.39, 0.29) is 52.2 Å². The van der Waals surface area contributed by atoms with Gasteiger partial charge in [-0.3, -0.25) is 14.4 Å². The number of fused-ring (bicyclic) bond motifs is 6. The van der Waals surface area contributed by atoms with Gasteiger partial charge in [-0.15, -0.1) is 0 Å². The second-order valence-corrected chi connectivity index (χ2v) is 10.8. The highest BCUT2D eigenvalue weighted by Crippen LogP contribution is 2.70. The predicted molar refractivity (Wildman–Crippen MR) is 107 cm³/mol. The third kappa shape index (κ3) is 2.43. The van der Waals surface area contributed by atoms with Gasteiger partial charge in [0.1, 0.15) is 5.60 Å². The van der Waals surface area contributed by atoms with Crippen LogP contribution < -0.4 is 0 Å². The molecule has 5 unspecified atom stereocenters. The number of hydrogen-bond acceptors (Lipinski definition) is 6. The van der Waals surface area contributed by atoms with Crippen LogP contribution in [-0.4, -0.2) is 41.6 Å². The van der Waals surface area contributed by atoms with Gasteiger partial charge in [0.25, 0.3) is 0 Å². The molecule has 0 amide bonds. The molecular weight excluding hydrogens is 384 g/mol. The van der Waals surface area contributed by atoms with Crippen LogP contribution in [0.1, 0.15) is 65.2 Å². The van der Waals surface area contributed by atoms with E-state index < -0.39 is 11.7 Å². The predicted octanol–water partition coefficient (Wildman–Crippen LogP) is 2.96. The van der Waals surface area contributed by atoms with Crippen LogP contribution in [-0.2, 0) is 23.9 Å². The maximum Gasteiger partial charge on any atom is 0.309 e. The summed E-state index contributed by atoms with van der Waals surface area (Å²) in [6.07, 6.45) is 6.21. The van der Waals surface area contributed by atoms with Gasteiger partial charge in [-0.1, -0.05) is 19.4 Å². The molecule has 0 aromatic rings. The van der Waals surface area contributed by atoms with E-state index in [2.05, 4.69) is 13.8 Å². The lowest BCUT2D eigenvalue weighted by atomic mass is 9.43. The molecule has 0 aromatic carbocycles. The topological polar surface area (TPSA) is 89.9 Å². The van der Waals surface area contributed by atoms with Gasteiger partial charge < -0.3 is 14.6 Å². The molecule has 5 aliphatic rings. The summed E-state index contributed by atoms with van der Waals surface area (Å²) in [6.45, 7) is 4.33. The van der Waals surface area contributed by atoms with Crippen molar-refractivity contribution in [2.75, 3.05) is 7.11 Å². The SMILES string of the molecule is COC(=O)[C@@H]1CC2=CC(=O)CCC2(C)C2C1C1CC[C@@]3(CCC(=O)O3)C1(C)C[C@H]2O. The number of esters is 2. The molecule has 5 rings (SSSR count). The maximum absolute atomic E-state index is 12.9. The fraction of sp³-hybridized carbons (Fsp3) is 0.792. The molecule has 6 nitrogen and oxygen atoms in total. The molecule has 1 saturated heterocycles. The summed E-state index contributed by atoms with van der Waals surface area (Å²) < 4.78 is 11.2. The van der Waals surface area contributed by atoms with Crippen molar-refractivity contribution >= 4 is 17.7 Å². The molecule has 1 heterocycles. The molecule has 1 aliphatic heterocycles. The third-order valence-electron chi connectivity index (χ3n) is 9.79. The number of aliphatic hydroxyl groups is 1. The fourth-order valence-corrected chi connectivity index (χ4v) is 8.35. The summed E-state index contributed by atoms with van der Waals surface area (Å²) in [6, 6.07) is 0. The van der Waals surface area contributed by atoms with Crippen LogP contribution in [0.4, 0.5) is 0 Å². The smallest absolute Gasteiger partial charge is 0.309 e. The number of ketones is 1. The molecule has 1 N–H and O–H groups in total. The Hall–Kier alpha value is -1.69. The number of aliphatic hydroxyl groups excluding tert-OH is 1. The quantitative estimate of drug-likeness (QED) is 0.661. The first-order valence-corrected chi connectivity index (χ1v) is 11.4. The molecule has 0 radical (unpaired) electrons. The normalized spacial score (nSPS) is 49.7. The lowest BCUT2D eigenvalue weighted by Gasteiger charge is -2.62. The van der Waals surface area contributed by atoms with E-state index in [0.29, 0.717) is 38.5 Å². The highest BCUT2D eigenvalue weighted by Gasteiger charge is 2.71. The number of ether oxygens (including phenoxy) is 2. The van der Waals surface area contributed by atoms with Crippen molar-refractivity contribution in [3.8, 4) is 0 Å². The molecule has 6 heteroatoms. The molecule has 8 atom stereocenters. The Kier molecular flexibility index (Phi) is 4.32. The third-order valence-corrected chi connectivity index (χ3v) is 9.79. The lowest BCUT2D eigenvalue weighted by Crippen LogP contribution is -2.62. The zero-order valence-corrected chi connectivity index (χ0v) is 18.1. The minimum absolute atomic E-state index is 0.0415. The Morgan fingerprint density at radius 1 is 1.20 bits per heavy atom. The van der Waals surface area contributed by atoms with Gasteiger partial charge in [0.05, 0.1) is 19.1 Å². The second-order valence-electron chi connectivity index (χ2n) is 10.8. The second kappa shape index (κ2) is 6.41. The number of rotatable bonds is 1. The van der Waals surface area contributed by atoms with Crippen LogP contribution >= 0.6 is 0 Å². The zero-order valence-electron chi connectivity index (χ0n) is 18.1. The van der Waals surface area contributed by atoms with E-state index in [1.165, 1.54) is 7.11 Å². The van der Waals surface area contributed by atoms with Gasteiger partial charge in [-0.05, 0) is 67.8 Å². The molecule has 30 heavy (non-hydrogen) atoms. The number of carbonyl (C=O) groups excluding carboxylic acids is 3. The van der Waals surface area contributed by atoms with Crippen molar-refractivity contribution in [1.82, 2.24) is 0 Å². The highest BCUT2D eigenvalue weighted by molar-refractivity contribution is 5.92. The van der Waals surface area contributed by atoms with Crippen molar-refractivity contribution in [2.45, 2.75) is 76.9 Å². The van der Waals surface area contributed by atoms with Crippen molar-refractivity contribution < 1.29 is 29.0 Å². The molecular formula is C24H32O6. The Labute approximate surface area is 177 Å². The van der Waals surface area contributed by atoms with Crippen molar-refractivity contribution in [2.24, 2.45) is 34.5 Å². The van der Waals surface area contributed by atoms with Gasteiger partial charge in [0.2, 0.25) is 0 Å². The lowest BCUT2D eigenvalue weighted by molar-refractivity contribution is -0.197. The van der Waals surface area contributed by atoms with Crippen molar-refractivity contribution in [1.29, 1.82) is 0 Å². The van der Waals surface area contributed by atoms with E-state index in [0.717, 1.165) is 18.4 Å². The van der Waals surface area contributed by atoms with Crippen LogP contribution in [0, 0.1) is 34.5 Å². The molecule has 1 spiro atoms. The van der Waals surface area contributed by atoms with E-state index in [1.807, 2.05) is 0 Å². The molecule has 0 aromatic heterocycles. The van der Waals surface area contributed by atoms with E-state index in [4.69, 9.17) is 9.47 Å². The summed E-state index contributed by atoms with van der Waals surface area (Å²) in [5.74, 6) is -0.636. The van der Waals surface area contributed by atoms with Gasteiger partial charge >= 0.3 is 11.9 Å². The molecule has 3 saturated carbocycles. The van der Waals surface area contributed by atoms with E-state index in [9.17, 15) is 19.5 Å². The highest BCUT2D eigenvalue weighted by atomic mass is 16.6. The van der Waals surface area contributed by atoms with Crippen LogP contribution in [0.15, 0.2) is 11.6 Å². The molecule has 4 aliphatic carbocycles. The average molecular weight is 417 g/mol. The number of methoxy groups -OCH3 is 1. The summed E-state index contributed by atoms with van der Waals surface area (Å²) >= 11 is 0. The van der Waals surface area contributed by atoms with Crippen molar-refractivity contribution in [3.05, 3.63) is 11.6 Å². The standard InChI is InChI=1S/C24H32O6/c1-22-7-4-14(25)10-13(22)11-15(21(28)29-3)19-16-5-8-24(9-6-18(27)30-24)23(16,2)12-17(26)20(19)22/h10,15-17,19-20,26H,4-9,11-12H2,1-3H3/t15-,16?,17-,19?,20?,22?,23?,24-/m1/s1. The summed E-state index contributed by atoms with van der Waals surface area (Å²) in [5.41, 5.74) is -0.168. The van der Waals surface area contributed by atoms with Crippen LogP contribution in [0.5, 0.6) is 0 Å². The first-order valence-electron chi connectivity index (χ1n) is 11.4. The first kappa shape index (κ1) is 20.2. The van der Waals surface area contributed by atoms with E-state index >= 15 is 0 Å². The van der Waals surface area contributed by atoms with Crippen LogP contribution in [0.25, 0.3) is 0 Å². The largest absolute Gasteiger partial charge is 0.469 e. The van der Waals surface area contributed by atoms with Gasteiger partial charge in [-0.2, -0.15) is 0 Å². The number of carbonyl (C=O) groups is 3. The summed E-state index contributed by atoms with van der Waals surface area (Å²) in [4.78, 5) is 37.2. The van der Waals surface area contributed by atoms with E-state index in [1.54, 1.807) is 6.08 Å². The number of allylic oxidation sites excluding steroid dienone is 1. The van der Waals surface area contributed by atoms with Crippen molar-refractivity contribution in [3.63, 3.8) is 0 Å². The van der Waals surface area contributed by atoms with Gasteiger partial charge in [-0.25, -0.2) is 0 Å². The minimum atomic E-state index is -0.611. The van der Waals surface area contributed by atoms with Gasteiger partial charge in [0, 0.05) is 18.3 Å². The zero-order chi connectivity index (χ0) is 21.5. The Morgan fingerprint density at radius 3 is 2.63 bits per heavy atom. The molecule has 164 valence electrons. The maximum atomic E-state index is 12.9. The van der Waals surface area contributed by atoms with Crippen LogP contribution in [0.3, 0.4) is 0 Å². The minimum Gasteiger partial charge on any atom is -0.469 e. The first-order chi connectivity index (χ1) is 14.1. The fourth-order valence-electron chi connectivity index (χ4n) is 8.35. The Balaban J connectivity index is 1.62.